The van der Waals surface area contributed by atoms with Crippen molar-refractivity contribution >= 4 is 40.0 Å². The first-order valence-electron chi connectivity index (χ1n) is 11.7. The number of rotatable bonds is 11. The standard InChI is InChI=1S/C26H32ClFN4O5/c1-16(33)13-32(14-24(34)37-26(2,3)4)8-9-36-23-11-18-21(12-22(23)35-5)29-15-30-25(18)31-17-6-7-20(28)19(27)10-17/h6-7,10-12,15-16,33H,8-9,13-14H2,1-5H3,(H,29,30,31)/t16-/m0/s1. The highest BCUT2D eigenvalue weighted by molar-refractivity contribution is 6.31. The summed E-state index contributed by atoms with van der Waals surface area (Å²) >= 11 is 5.91. The second kappa shape index (κ2) is 12.4. The maximum atomic E-state index is 13.6. The molecule has 0 radical (unpaired) electrons. The minimum atomic E-state index is -0.636. The van der Waals surface area contributed by atoms with E-state index in [4.69, 9.17) is 25.8 Å². The number of halogens is 2. The van der Waals surface area contributed by atoms with Crippen molar-refractivity contribution in [1.29, 1.82) is 0 Å². The number of nitrogens with zero attached hydrogens (tertiary/aromatic N) is 3. The van der Waals surface area contributed by atoms with E-state index in [-0.39, 0.29) is 30.7 Å². The highest BCUT2D eigenvalue weighted by Gasteiger charge is 2.20. The Hall–Kier alpha value is -3.21. The summed E-state index contributed by atoms with van der Waals surface area (Å²) in [6.45, 7) is 7.92. The fraction of sp³-hybridized carbons (Fsp3) is 0.423. The van der Waals surface area contributed by atoms with Gasteiger partial charge in [0.1, 0.15) is 30.2 Å². The Morgan fingerprint density at radius 1 is 1.22 bits per heavy atom. The largest absolute Gasteiger partial charge is 0.493 e. The van der Waals surface area contributed by atoms with Crippen molar-refractivity contribution in [3.05, 3.63) is 47.5 Å². The van der Waals surface area contributed by atoms with Crippen LogP contribution >= 0.6 is 11.6 Å². The topological polar surface area (TPSA) is 106 Å². The van der Waals surface area contributed by atoms with Crippen LogP contribution < -0.4 is 14.8 Å². The Morgan fingerprint density at radius 3 is 2.62 bits per heavy atom. The zero-order valence-corrected chi connectivity index (χ0v) is 22.3. The quantitative estimate of drug-likeness (QED) is 0.342. The van der Waals surface area contributed by atoms with Crippen LogP contribution in [0, 0.1) is 5.82 Å². The summed E-state index contributed by atoms with van der Waals surface area (Å²) < 4.78 is 30.5. The van der Waals surface area contributed by atoms with Gasteiger partial charge in [-0.25, -0.2) is 14.4 Å². The molecule has 0 fully saturated rings. The number of methoxy groups -OCH3 is 1. The number of fused-ring (bicyclic) bond motifs is 1. The Morgan fingerprint density at radius 2 is 1.97 bits per heavy atom. The average molecular weight is 535 g/mol. The molecule has 0 saturated carbocycles. The molecule has 0 aliphatic carbocycles. The normalized spacial score (nSPS) is 12.5. The van der Waals surface area contributed by atoms with Gasteiger partial charge in [0.15, 0.2) is 11.5 Å². The van der Waals surface area contributed by atoms with E-state index in [0.717, 1.165) is 0 Å². The minimum Gasteiger partial charge on any atom is -0.493 e. The summed E-state index contributed by atoms with van der Waals surface area (Å²) in [5.74, 6) is 0.484. The van der Waals surface area contributed by atoms with E-state index < -0.39 is 17.5 Å². The first-order chi connectivity index (χ1) is 17.4. The van der Waals surface area contributed by atoms with Gasteiger partial charge in [-0.3, -0.25) is 9.69 Å². The lowest BCUT2D eigenvalue weighted by Gasteiger charge is -2.26. The lowest BCUT2D eigenvalue weighted by Crippen LogP contribution is -2.40. The van der Waals surface area contributed by atoms with E-state index in [1.54, 1.807) is 50.8 Å². The summed E-state index contributed by atoms with van der Waals surface area (Å²) in [7, 11) is 1.52. The van der Waals surface area contributed by atoms with Crippen LogP contribution in [0.2, 0.25) is 5.02 Å². The van der Waals surface area contributed by atoms with E-state index >= 15 is 0 Å². The van der Waals surface area contributed by atoms with Crippen LogP contribution in [0.1, 0.15) is 27.7 Å². The van der Waals surface area contributed by atoms with Crippen molar-refractivity contribution in [2.75, 3.05) is 38.7 Å². The predicted molar refractivity (Wildman–Crippen MR) is 140 cm³/mol. The molecule has 0 amide bonds. The zero-order chi connectivity index (χ0) is 27.2. The number of aliphatic hydroxyl groups is 1. The predicted octanol–water partition coefficient (Wildman–Crippen LogP) is 4.58. The van der Waals surface area contributed by atoms with E-state index in [1.165, 1.54) is 25.6 Å². The van der Waals surface area contributed by atoms with Gasteiger partial charge in [-0.15, -0.1) is 0 Å². The highest BCUT2D eigenvalue weighted by atomic mass is 35.5. The zero-order valence-electron chi connectivity index (χ0n) is 21.5. The molecular formula is C26H32ClFN4O5. The van der Waals surface area contributed by atoms with Gasteiger partial charge in [0.05, 0.1) is 30.3 Å². The molecule has 2 N–H and O–H groups in total. The third kappa shape index (κ3) is 8.41. The third-order valence-corrected chi connectivity index (χ3v) is 5.35. The Balaban J connectivity index is 1.78. The average Bonchev–Trinajstić information content (AvgIpc) is 2.79. The number of nitrogens with one attached hydrogen (secondary N) is 1. The molecule has 1 heterocycles. The van der Waals surface area contributed by atoms with Crippen LogP contribution in [-0.2, 0) is 9.53 Å². The van der Waals surface area contributed by atoms with Gasteiger partial charge in [0, 0.05) is 30.2 Å². The molecule has 0 spiro atoms. The smallest absolute Gasteiger partial charge is 0.320 e. The summed E-state index contributed by atoms with van der Waals surface area (Å²) in [4.78, 5) is 22.7. The van der Waals surface area contributed by atoms with Gasteiger partial charge in [-0.2, -0.15) is 0 Å². The monoisotopic (exact) mass is 534 g/mol. The maximum Gasteiger partial charge on any atom is 0.320 e. The molecule has 1 aromatic heterocycles. The van der Waals surface area contributed by atoms with E-state index in [0.29, 0.717) is 40.5 Å². The lowest BCUT2D eigenvalue weighted by atomic mass is 10.2. The fourth-order valence-electron chi connectivity index (χ4n) is 3.60. The van der Waals surface area contributed by atoms with Gasteiger partial charge in [-0.05, 0) is 52.0 Å². The molecule has 0 saturated heterocycles. The summed E-state index contributed by atoms with van der Waals surface area (Å²) in [5, 5.41) is 13.6. The van der Waals surface area contributed by atoms with E-state index in [2.05, 4.69) is 15.3 Å². The van der Waals surface area contributed by atoms with Crippen molar-refractivity contribution in [2.45, 2.75) is 39.4 Å². The number of aromatic nitrogens is 2. The molecular weight excluding hydrogens is 503 g/mol. The van der Waals surface area contributed by atoms with Crippen LogP contribution in [0.15, 0.2) is 36.7 Å². The molecule has 3 rings (SSSR count). The number of anilines is 2. The van der Waals surface area contributed by atoms with Crippen LogP contribution in [0.25, 0.3) is 10.9 Å². The SMILES string of the molecule is COc1cc2ncnc(Nc3ccc(F)c(Cl)c3)c2cc1OCCN(CC(=O)OC(C)(C)C)C[C@H](C)O. The van der Waals surface area contributed by atoms with Crippen LogP contribution in [0.5, 0.6) is 11.5 Å². The number of aliphatic hydroxyl groups excluding tert-OH is 1. The fourth-order valence-corrected chi connectivity index (χ4v) is 3.78. The first kappa shape index (κ1) is 28.4. The molecule has 9 nitrogen and oxygen atoms in total. The van der Waals surface area contributed by atoms with Crippen LogP contribution in [-0.4, -0.2) is 71.0 Å². The number of carbonyl (C=O) groups excluding carboxylic acids is 1. The van der Waals surface area contributed by atoms with E-state index in [9.17, 15) is 14.3 Å². The third-order valence-electron chi connectivity index (χ3n) is 5.06. The molecule has 11 heteroatoms. The minimum absolute atomic E-state index is 0.0119. The second-order valence-electron chi connectivity index (χ2n) is 9.52. The number of hydrogen-bond acceptors (Lipinski definition) is 9. The maximum absolute atomic E-state index is 13.6. The Labute approximate surface area is 220 Å². The molecule has 1 atom stereocenters. The first-order valence-corrected chi connectivity index (χ1v) is 12.1. The summed E-state index contributed by atoms with van der Waals surface area (Å²) in [6, 6.07) is 7.75. The van der Waals surface area contributed by atoms with Crippen molar-refractivity contribution in [2.24, 2.45) is 0 Å². The van der Waals surface area contributed by atoms with Crippen molar-refractivity contribution in [3.8, 4) is 11.5 Å². The van der Waals surface area contributed by atoms with Gasteiger partial charge in [-0.1, -0.05) is 11.6 Å². The van der Waals surface area contributed by atoms with Gasteiger partial charge in [0.25, 0.3) is 0 Å². The number of esters is 1. The lowest BCUT2D eigenvalue weighted by molar-refractivity contribution is -0.156. The molecule has 37 heavy (non-hydrogen) atoms. The van der Waals surface area contributed by atoms with Crippen molar-refractivity contribution in [1.82, 2.24) is 14.9 Å². The Bertz CT molecular complexity index is 1240. The van der Waals surface area contributed by atoms with Gasteiger partial charge in [0.2, 0.25) is 0 Å². The molecule has 3 aromatic rings. The number of benzene rings is 2. The van der Waals surface area contributed by atoms with Gasteiger partial charge < -0.3 is 24.6 Å². The number of ether oxygens (including phenoxy) is 3. The molecule has 2 aromatic carbocycles. The molecule has 0 unspecified atom stereocenters. The van der Waals surface area contributed by atoms with Gasteiger partial charge >= 0.3 is 5.97 Å². The van der Waals surface area contributed by atoms with Crippen molar-refractivity contribution < 1.29 is 28.5 Å². The van der Waals surface area contributed by atoms with Crippen LogP contribution in [0.4, 0.5) is 15.9 Å². The number of hydrogen-bond donors (Lipinski definition) is 2. The van der Waals surface area contributed by atoms with Crippen LogP contribution in [0.3, 0.4) is 0 Å². The molecule has 0 bridgehead atoms. The summed E-state index contributed by atoms with van der Waals surface area (Å²) in [5.41, 5.74) is 0.562. The Kier molecular flexibility index (Phi) is 9.47. The highest BCUT2D eigenvalue weighted by Crippen LogP contribution is 2.35. The van der Waals surface area contributed by atoms with Crippen molar-refractivity contribution in [3.63, 3.8) is 0 Å². The van der Waals surface area contributed by atoms with E-state index in [1.807, 2.05) is 0 Å². The number of carbonyl (C=O) groups is 1. The summed E-state index contributed by atoms with van der Waals surface area (Å²) in [6.07, 6.45) is 0.767. The second-order valence-corrected chi connectivity index (χ2v) is 9.92. The molecule has 0 aliphatic heterocycles. The molecule has 0 aliphatic rings. The molecule has 200 valence electrons.